The topological polar surface area (TPSA) is 24.9 Å². The normalized spacial score (nSPS) is 26.5. The van der Waals surface area contributed by atoms with Gasteiger partial charge in [-0.2, -0.15) is 11.8 Å². The number of hydrogen-bond donors (Lipinski definition) is 1. The van der Waals surface area contributed by atoms with Crippen LogP contribution in [0.5, 0.6) is 0 Å². The number of hydrogen-bond acceptors (Lipinski definition) is 4. The summed E-state index contributed by atoms with van der Waals surface area (Å²) < 4.78 is 0. The maximum absolute atomic E-state index is 5.80. The molecule has 84 valence electrons. The lowest BCUT2D eigenvalue weighted by Crippen LogP contribution is -2.34. The number of nitrogens with zero attached hydrogens (tertiary/aromatic N) is 1. The van der Waals surface area contributed by atoms with Crippen molar-refractivity contribution in [3.8, 4) is 0 Å². The van der Waals surface area contributed by atoms with Crippen LogP contribution in [0.25, 0.3) is 0 Å². The summed E-state index contributed by atoms with van der Waals surface area (Å²) in [5.41, 5.74) is 0. The molecule has 2 nitrogen and oxygen atoms in total. The third-order valence-corrected chi connectivity index (χ3v) is 5.06. The van der Waals surface area contributed by atoms with E-state index in [-0.39, 0.29) is 0 Å². The van der Waals surface area contributed by atoms with Gasteiger partial charge >= 0.3 is 0 Å². The van der Waals surface area contributed by atoms with E-state index < -0.39 is 0 Å². The van der Waals surface area contributed by atoms with Crippen molar-refractivity contribution in [2.75, 3.05) is 11.6 Å². The van der Waals surface area contributed by atoms with E-state index in [1.165, 1.54) is 25.7 Å². The van der Waals surface area contributed by atoms with Crippen molar-refractivity contribution in [1.29, 1.82) is 0 Å². The molecule has 0 spiro atoms. The molecular weight excluding hydrogens is 248 g/mol. The molecule has 0 bridgehead atoms. The van der Waals surface area contributed by atoms with Crippen molar-refractivity contribution in [3.63, 3.8) is 0 Å². The first kappa shape index (κ1) is 11.6. The van der Waals surface area contributed by atoms with Gasteiger partial charge in [-0.3, -0.25) is 0 Å². The molecular formula is C10H15ClN2S2. The minimum absolute atomic E-state index is 0.566. The fourth-order valence-corrected chi connectivity index (χ4v) is 3.86. The number of rotatable bonds is 3. The van der Waals surface area contributed by atoms with Crippen molar-refractivity contribution < 1.29 is 0 Å². The highest BCUT2D eigenvalue weighted by atomic mass is 35.5. The number of thioether (sulfide) groups is 1. The Morgan fingerprint density at radius 3 is 3.00 bits per heavy atom. The highest BCUT2D eigenvalue weighted by Crippen LogP contribution is 2.30. The Kier molecular flexibility index (Phi) is 4.17. The van der Waals surface area contributed by atoms with Gasteiger partial charge < -0.3 is 5.32 Å². The van der Waals surface area contributed by atoms with Crippen molar-refractivity contribution in [3.05, 3.63) is 10.5 Å². The second-order valence-corrected chi connectivity index (χ2v) is 6.11. The standard InChI is InChI=1S/C10H15ClN2S2/c1-14-8-5-3-2-4-7(8)12-10-13-9(11)6-15-10/h6-8H,2-5H2,1H3,(H,12,13). The first-order valence-corrected chi connectivity index (χ1v) is 7.74. The van der Waals surface area contributed by atoms with Crippen LogP contribution >= 0.6 is 34.7 Å². The molecule has 15 heavy (non-hydrogen) atoms. The first-order chi connectivity index (χ1) is 7.29. The monoisotopic (exact) mass is 262 g/mol. The van der Waals surface area contributed by atoms with Crippen LogP contribution in [0.1, 0.15) is 25.7 Å². The van der Waals surface area contributed by atoms with E-state index in [0.717, 1.165) is 10.4 Å². The molecule has 1 saturated carbocycles. The van der Waals surface area contributed by atoms with Gasteiger partial charge in [0.1, 0.15) is 5.15 Å². The average molecular weight is 263 g/mol. The summed E-state index contributed by atoms with van der Waals surface area (Å²) in [6, 6.07) is 0.566. The molecule has 1 aliphatic rings. The predicted molar refractivity (Wildman–Crippen MR) is 70.3 cm³/mol. The van der Waals surface area contributed by atoms with Crippen LogP contribution in [-0.4, -0.2) is 22.5 Å². The molecule has 0 saturated heterocycles. The van der Waals surface area contributed by atoms with Crippen molar-refractivity contribution in [1.82, 2.24) is 4.98 Å². The van der Waals surface area contributed by atoms with Gasteiger partial charge in [-0.25, -0.2) is 4.98 Å². The minimum atomic E-state index is 0.566. The highest BCUT2D eigenvalue weighted by molar-refractivity contribution is 7.99. The fraction of sp³-hybridized carbons (Fsp3) is 0.700. The van der Waals surface area contributed by atoms with Crippen LogP contribution in [-0.2, 0) is 0 Å². The third kappa shape index (κ3) is 3.02. The molecule has 0 radical (unpaired) electrons. The Hall–Kier alpha value is 0.0700. The van der Waals surface area contributed by atoms with Gasteiger partial charge in [0, 0.05) is 16.7 Å². The van der Waals surface area contributed by atoms with Crippen LogP contribution in [0.3, 0.4) is 0 Å². The van der Waals surface area contributed by atoms with E-state index in [1.54, 1.807) is 11.3 Å². The van der Waals surface area contributed by atoms with E-state index in [1.807, 2.05) is 17.1 Å². The third-order valence-electron chi connectivity index (χ3n) is 2.79. The van der Waals surface area contributed by atoms with Gasteiger partial charge in [0.05, 0.1) is 0 Å². The number of anilines is 1. The quantitative estimate of drug-likeness (QED) is 0.895. The van der Waals surface area contributed by atoms with Gasteiger partial charge in [0.25, 0.3) is 0 Å². The van der Waals surface area contributed by atoms with E-state index in [4.69, 9.17) is 11.6 Å². The maximum Gasteiger partial charge on any atom is 0.184 e. The maximum atomic E-state index is 5.80. The lowest BCUT2D eigenvalue weighted by Gasteiger charge is -2.30. The van der Waals surface area contributed by atoms with Crippen LogP contribution < -0.4 is 5.32 Å². The van der Waals surface area contributed by atoms with Crippen LogP contribution in [0.4, 0.5) is 5.13 Å². The summed E-state index contributed by atoms with van der Waals surface area (Å²) in [4.78, 5) is 4.24. The number of nitrogens with one attached hydrogen (secondary N) is 1. The largest absolute Gasteiger partial charge is 0.358 e. The second kappa shape index (κ2) is 5.41. The lowest BCUT2D eigenvalue weighted by molar-refractivity contribution is 0.475. The molecule has 1 N–H and O–H groups in total. The molecule has 0 amide bonds. The summed E-state index contributed by atoms with van der Waals surface area (Å²) >= 11 is 9.36. The summed E-state index contributed by atoms with van der Waals surface area (Å²) in [7, 11) is 0. The van der Waals surface area contributed by atoms with Crippen molar-refractivity contribution in [2.45, 2.75) is 37.0 Å². The molecule has 0 aromatic carbocycles. The molecule has 1 heterocycles. The highest BCUT2D eigenvalue weighted by Gasteiger charge is 2.24. The predicted octanol–water partition coefficient (Wildman–Crippen LogP) is 3.88. The minimum Gasteiger partial charge on any atom is -0.358 e. The molecule has 2 unspecified atom stereocenters. The van der Waals surface area contributed by atoms with E-state index in [2.05, 4.69) is 16.6 Å². The molecule has 0 aliphatic heterocycles. The van der Waals surface area contributed by atoms with Gasteiger partial charge in [-0.1, -0.05) is 24.4 Å². The van der Waals surface area contributed by atoms with Gasteiger partial charge in [-0.05, 0) is 19.1 Å². The lowest BCUT2D eigenvalue weighted by atomic mass is 9.95. The van der Waals surface area contributed by atoms with Gasteiger partial charge in [0.2, 0.25) is 0 Å². The van der Waals surface area contributed by atoms with Gasteiger partial charge in [-0.15, -0.1) is 11.3 Å². The molecule has 2 rings (SSSR count). The summed E-state index contributed by atoms with van der Waals surface area (Å²) in [5, 5.41) is 7.66. The zero-order valence-corrected chi connectivity index (χ0v) is 11.1. The van der Waals surface area contributed by atoms with Crippen LogP contribution in [0, 0.1) is 0 Å². The molecule has 1 fully saturated rings. The molecule has 5 heteroatoms. The summed E-state index contributed by atoms with van der Waals surface area (Å²) in [6.07, 6.45) is 7.45. The summed E-state index contributed by atoms with van der Waals surface area (Å²) in [6.45, 7) is 0. The van der Waals surface area contributed by atoms with E-state index in [9.17, 15) is 0 Å². The average Bonchev–Trinajstić information content (AvgIpc) is 2.65. The van der Waals surface area contributed by atoms with Crippen LogP contribution in [0.15, 0.2) is 5.38 Å². The fourth-order valence-electron chi connectivity index (χ4n) is 2.02. The molecule has 1 aliphatic carbocycles. The Labute approximate surface area is 104 Å². The van der Waals surface area contributed by atoms with Crippen molar-refractivity contribution in [2.24, 2.45) is 0 Å². The van der Waals surface area contributed by atoms with Crippen LogP contribution in [0.2, 0.25) is 5.15 Å². The summed E-state index contributed by atoms with van der Waals surface area (Å²) in [5.74, 6) is 0. The number of halogens is 1. The Bertz CT molecular complexity index is 316. The zero-order valence-electron chi connectivity index (χ0n) is 8.70. The number of thiazole rings is 1. The Morgan fingerprint density at radius 1 is 1.53 bits per heavy atom. The van der Waals surface area contributed by atoms with Crippen molar-refractivity contribution >= 4 is 39.8 Å². The SMILES string of the molecule is CSC1CCCCC1Nc1nc(Cl)cs1. The molecule has 1 aromatic heterocycles. The zero-order chi connectivity index (χ0) is 10.7. The Morgan fingerprint density at radius 2 is 2.33 bits per heavy atom. The van der Waals surface area contributed by atoms with E-state index in [0.29, 0.717) is 11.2 Å². The second-order valence-electron chi connectivity index (χ2n) is 3.78. The van der Waals surface area contributed by atoms with Gasteiger partial charge in [0.15, 0.2) is 5.13 Å². The molecule has 2 atom stereocenters. The van der Waals surface area contributed by atoms with E-state index >= 15 is 0 Å². The first-order valence-electron chi connectivity index (χ1n) is 5.20. The molecule has 1 aromatic rings. The number of aromatic nitrogens is 1. The Balaban J connectivity index is 1.97. The smallest absolute Gasteiger partial charge is 0.184 e.